The summed E-state index contributed by atoms with van der Waals surface area (Å²) in [6.07, 6.45) is 1.67. The number of aromatic nitrogens is 1. The average molecular weight is 407 g/mol. The number of rotatable bonds is 7. The van der Waals surface area contributed by atoms with Crippen LogP contribution in [0, 0.1) is 0 Å². The fourth-order valence-electron chi connectivity index (χ4n) is 2.35. The topological polar surface area (TPSA) is 71.5 Å². The van der Waals surface area contributed by atoms with Crippen LogP contribution in [-0.2, 0) is 4.79 Å². The van der Waals surface area contributed by atoms with Crippen LogP contribution >= 0.6 is 11.8 Å². The van der Waals surface area contributed by atoms with Crippen molar-refractivity contribution in [3.05, 3.63) is 78.5 Å². The van der Waals surface area contributed by atoms with Crippen LogP contribution in [0.15, 0.2) is 82.8 Å². The van der Waals surface area contributed by atoms with E-state index in [-0.39, 0.29) is 18.4 Å². The first-order valence-electron chi connectivity index (χ1n) is 8.95. The van der Waals surface area contributed by atoms with Gasteiger partial charge < -0.3 is 15.0 Å². The Morgan fingerprint density at radius 3 is 2.41 bits per heavy atom. The van der Waals surface area contributed by atoms with Crippen LogP contribution in [0.5, 0.6) is 5.75 Å². The number of pyridine rings is 1. The number of carbonyl (C=O) groups is 2. The van der Waals surface area contributed by atoms with E-state index in [9.17, 15) is 9.59 Å². The second-order valence-corrected chi connectivity index (χ2v) is 7.39. The molecule has 0 aliphatic rings. The van der Waals surface area contributed by atoms with Crippen LogP contribution in [0.4, 0.5) is 5.69 Å². The highest BCUT2D eigenvalue weighted by molar-refractivity contribution is 7.99. The lowest BCUT2D eigenvalue weighted by molar-refractivity contribution is -0.130. The number of anilines is 1. The smallest absolute Gasteiger partial charge is 0.259 e. The molecule has 0 aliphatic carbocycles. The molecule has 3 aromatic rings. The molecule has 0 unspecified atom stereocenters. The highest BCUT2D eigenvalue weighted by Gasteiger charge is 2.14. The predicted molar refractivity (Wildman–Crippen MR) is 113 cm³/mol. The third-order valence-corrected chi connectivity index (χ3v) is 4.97. The van der Waals surface area contributed by atoms with Gasteiger partial charge in [0.05, 0.1) is 5.56 Å². The number of hydrogen-bond acceptors (Lipinski definition) is 5. The predicted octanol–water partition coefficient (Wildman–Crippen LogP) is 3.95. The van der Waals surface area contributed by atoms with E-state index in [1.54, 1.807) is 56.7 Å². The maximum Gasteiger partial charge on any atom is 0.259 e. The van der Waals surface area contributed by atoms with Crippen molar-refractivity contribution in [2.45, 2.75) is 9.92 Å². The fourth-order valence-corrected chi connectivity index (χ4v) is 3.25. The van der Waals surface area contributed by atoms with E-state index in [1.165, 1.54) is 16.7 Å². The fraction of sp³-hybridized carbons (Fsp3) is 0.136. The van der Waals surface area contributed by atoms with Gasteiger partial charge in [0.2, 0.25) is 0 Å². The largest absolute Gasteiger partial charge is 0.484 e. The first-order valence-corrected chi connectivity index (χ1v) is 9.77. The van der Waals surface area contributed by atoms with Crippen LogP contribution in [0.3, 0.4) is 0 Å². The van der Waals surface area contributed by atoms with Gasteiger partial charge in [0.1, 0.15) is 10.8 Å². The number of amides is 2. The molecule has 1 N–H and O–H groups in total. The molecule has 0 atom stereocenters. The van der Waals surface area contributed by atoms with Crippen molar-refractivity contribution in [2.24, 2.45) is 0 Å². The van der Waals surface area contributed by atoms with Gasteiger partial charge in [0.15, 0.2) is 6.61 Å². The number of nitrogens with one attached hydrogen (secondary N) is 1. The van der Waals surface area contributed by atoms with Crippen molar-refractivity contribution in [3.63, 3.8) is 0 Å². The van der Waals surface area contributed by atoms with Gasteiger partial charge in [-0.05, 0) is 48.5 Å². The van der Waals surface area contributed by atoms with Gasteiger partial charge in [-0.25, -0.2) is 4.98 Å². The number of likely N-dealkylation sites (N-methyl/N-ethyl adjacent to an activating group) is 1. The van der Waals surface area contributed by atoms with Crippen LogP contribution in [-0.4, -0.2) is 42.4 Å². The van der Waals surface area contributed by atoms with Crippen molar-refractivity contribution in [1.29, 1.82) is 0 Å². The van der Waals surface area contributed by atoms with Crippen molar-refractivity contribution in [2.75, 3.05) is 26.0 Å². The highest BCUT2D eigenvalue weighted by Crippen LogP contribution is 2.29. The van der Waals surface area contributed by atoms with E-state index in [4.69, 9.17) is 4.74 Å². The van der Waals surface area contributed by atoms with Gasteiger partial charge in [-0.3, -0.25) is 9.59 Å². The summed E-state index contributed by atoms with van der Waals surface area (Å²) in [4.78, 5) is 31.2. The molecule has 6 nitrogen and oxygen atoms in total. The van der Waals surface area contributed by atoms with E-state index in [0.717, 1.165) is 4.90 Å². The molecule has 2 amide bonds. The van der Waals surface area contributed by atoms with Gasteiger partial charge >= 0.3 is 0 Å². The Bertz CT molecular complexity index is 976. The Hall–Kier alpha value is -3.32. The number of nitrogens with zero attached hydrogens (tertiary/aromatic N) is 2. The number of ether oxygens (including phenoxy) is 1. The summed E-state index contributed by atoms with van der Waals surface area (Å²) in [5, 5.41) is 3.51. The number of hydrogen-bond donors (Lipinski definition) is 1. The number of carbonyl (C=O) groups excluding carboxylic acids is 2. The minimum atomic E-state index is -0.243. The maximum atomic E-state index is 12.8. The molecule has 0 aliphatic heterocycles. The lowest BCUT2D eigenvalue weighted by Crippen LogP contribution is -2.27. The average Bonchev–Trinajstić information content (AvgIpc) is 2.74. The standard InChI is InChI=1S/C22H21N3O3S/c1-25(2)20(26)15-28-17-12-10-16(11-13-17)24-21(27)19-9-6-14-23-22(19)29-18-7-4-3-5-8-18/h3-14H,15H2,1-2H3,(H,24,27). The zero-order valence-corrected chi connectivity index (χ0v) is 17.0. The molecule has 1 aromatic heterocycles. The highest BCUT2D eigenvalue weighted by atomic mass is 32.2. The lowest BCUT2D eigenvalue weighted by Gasteiger charge is -2.12. The van der Waals surface area contributed by atoms with Crippen LogP contribution in [0.1, 0.15) is 10.4 Å². The summed E-state index contributed by atoms with van der Waals surface area (Å²) in [6.45, 7) is -0.0333. The third-order valence-electron chi connectivity index (χ3n) is 3.95. The molecular formula is C22H21N3O3S. The van der Waals surface area contributed by atoms with E-state index >= 15 is 0 Å². The van der Waals surface area contributed by atoms with Gasteiger partial charge in [0, 0.05) is 30.9 Å². The Balaban J connectivity index is 1.65. The SMILES string of the molecule is CN(C)C(=O)COc1ccc(NC(=O)c2cccnc2Sc2ccccc2)cc1. The van der Waals surface area contributed by atoms with Crippen LogP contribution < -0.4 is 10.1 Å². The lowest BCUT2D eigenvalue weighted by atomic mass is 10.2. The van der Waals surface area contributed by atoms with Gasteiger partial charge in [-0.1, -0.05) is 30.0 Å². The van der Waals surface area contributed by atoms with Crippen molar-refractivity contribution >= 4 is 29.3 Å². The Morgan fingerprint density at radius 1 is 1.00 bits per heavy atom. The first-order chi connectivity index (χ1) is 14.0. The molecule has 2 aromatic carbocycles. The molecule has 0 fully saturated rings. The molecule has 0 spiro atoms. The minimum absolute atomic E-state index is 0.0333. The second kappa shape index (κ2) is 9.75. The van der Waals surface area contributed by atoms with Crippen molar-refractivity contribution in [3.8, 4) is 5.75 Å². The Kier molecular flexibility index (Phi) is 6.86. The molecule has 0 saturated carbocycles. The number of benzene rings is 2. The van der Waals surface area contributed by atoms with Crippen LogP contribution in [0.2, 0.25) is 0 Å². The Morgan fingerprint density at radius 2 is 1.72 bits per heavy atom. The molecule has 0 bridgehead atoms. The van der Waals surface area contributed by atoms with E-state index in [2.05, 4.69) is 10.3 Å². The monoisotopic (exact) mass is 407 g/mol. The van der Waals surface area contributed by atoms with E-state index in [1.807, 2.05) is 30.3 Å². The summed E-state index contributed by atoms with van der Waals surface area (Å²) < 4.78 is 5.44. The van der Waals surface area contributed by atoms with Crippen molar-refractivity contribution in [1.82, 2.24) is 9.88 Å². The molecule has 3 rings (SSSR count). The van der Waals surface area contributed by atoms with Gasteiger partial charge in [-0.2, -0.15) is 0 Å². The summed E-state index contributed by atoms with van der Waals surface area (Å²) in [5.41, 5.74) is 1.12. The molecule has 7 heteroatoms. The third kappa shape index (κ3) is 5.83. The first kappa shape index (κ1) is 20.4. The molecular weight excluding hydrogens is 386 g/mol. The summed E-state index contributed by atoms with van der Waals surface area (Å²) in [7, 11) is 3.35. The molecule has 0 radical (unpaired) electrons. The van der Waals surface area contributed by atoms with Gasteiger partial charge in [0.25, 0.3) is 11.8 Å². The normalized spacial score (nSPS) is 10.3. The minimum Gasteiger partial charge on any atom is -0.484 e. The van der Waals surface area contributed by atoms with Gasteiger partial charge in [-0.15, -0.1) is 0 Å². The molecule has 148 valence electrons. The second-order valence-electron chi connectivity index (χ2n) is 6.33. The zero-order chi connectivity index (χ0) is 20.6. The van der Waals surface area contributed by atoms with E-state index in [0.29, 0.717) is 22.0 Å². The quantitative estimate of drug-likeness (QED) is 0.642. The van der Waals surface area contributed by atoms with Crippen molar-refractivity contribution < 1.29 is 14.3 Å². The molecule has 29 heavy (non-hydrogen) atoms. The summed E-state index contributed by atoms with van der Waals surface area (Å²) in [6, 6.07) is 20.1. The zero-order valence-electron chi connectivity index (χ0n) is 16.2. The molecule has 0 saturated heterocycles. The summed E-state index contributed by atoms with van der Waals surface area (Å²) in [5.74, 6) is 0.190. The van der Waals surface area contributed by atoms with Crippen LogP contribution in [0.25, 0.3) is 0 Å². The molecule has 1 heterocycles. The Labute approximate surface area is 173 Å². The van der Waals surface area contributed by atoms with E-state index < -0.39 is 0 Å². The maximum absolute atomic E-state index is 12.8. The summed E-state index contributed by atoms with van der Waals surface area (Å²) >= 11 is 1.44.